The molecule has 0 aliphatic carbocycles. The summed E-state index contributed by atoms with van der Waals surface area (Å²) in [6, 6.07) is 23.3. The number of aromatic amines is 1. The van der Waals surface area contributed by atoms with Crippen LogP contribution in [-0.2, 0) is 0 Å². The van der Waals surface area contributed by atoms with E-state index in [9.17, 15) is 9.59 Å². The van der Waals surface area contributed by atoms with Crippen LogP contribution in [0.2, 0.25) is 0 Å². The fourth-order valence-electron chi connectivity index (χ4n) is 3.42. The number of aromatic nitrogens is 2. The number of nitrogens with one attached hydrogen (secondary N) is 2. The summed E-state index contributed by atoms with van der Waals surface area (Å²) in [5.41, 5.74) is 2.79. The maximum Gasteiger partial charge on any atom is 0.326 e. The Morgan fingerprint density at radius 3 is 2.50 bits per heavy atom. The van der Waals surface area contributed by atoms with Gasteiger partial charge in [-0.15, -0.1) is 0 Å². The summed E-state index contributed by atoms with van der Waals surface area (Å²) in [6.45, 7) is 3.82. The second kappa shape index (κ2) is 8.21. The summed E-state index contributed by atoms with van der Waals surface area (Å²) in [5.74, 6) is 0.420. The maximum atomic E-state index is 13.3. The molecule has 6 heteroatoms. The van der Waals surface area contributed by atoms with Gasteiger partial charge in [0, 0.05) is 11.4 Å². The van der Waals surface area contributed by atoms with Gasteiger partial charge < -0.3 is 10.3 Å². The summed E-state index contributed by atoms with van der Waals surface area (Å²) in [7, 11) is 0. The molecule has 0 aliphatic heterocycles. The fourth-order valence-corrected chi connectivity index (χ4v) is 3.42. The van der Waals surface area contributed by atoms with Crippen LogP contribution in [0, 0.1) is 6.92 Å². The molecule has 2 N–H and O–H groups in total. The molecule has 0 saturated carbocycles. The monoisotopic (exact) mass is 398 g/mol. The molecule has 4 aromatic rings. The Morgan fingerprint density at radius 2 is 1.73 bits per heavy atom. The number of carbonyl (C=O) groups excluding carboxylic acids is 1. The highest BCUT2D eigenvalue weighted by atomic mass is 16.2. The normalized spacial score (nSPS) is 11.8. The van der Waals surface area contributed by atoms with Crippen LogP contribution >= 0.6 is 0 Å². The van der Waals surface area contributed by atoms with Crippen molar-refractivity contribution in [2.45, 2.75) is 19.9 Å². The second-order valence-corrected chi connectivity index (χ2v) is 7.15. The van der Waals surface area contributed by atoms with Crippen molar-refractivity contribution in [2.24, 2.45) is 0 Å². The summed E-state index contributed by atoms with van der Waals surface area (Å²) < 4.78 is 0. The van der Waals surface area contributed by atoms with E-state index in [1.54, 1.807) is 23.1 Å². The Kier molecular flexibility index (Phi) is 5.30. The van der Waals surface area contributed by atoms with E-state index in [1.165, 1.54) is 0 Å². The molecule has 1 unspecified atom stereocenters. The number of aryl methyl sites for hydroxylation is 1. The van der Waals surface area contributed by atoms with Gasteiger partial charge in [0.2, 0.25) is 0 Å². The van der Waals surface area contributed by atoms with E-state index in [-0.39, 0.29) is 11.6 Å². The van der Waals surface area contributed by atoms with E-state index in [1.807, 2.05) is 74.5 Å². The maximum absolute atomic E-state index is 13.3. The Bertz CT molecular complexity index is 1250. The first-order valence-electron chi connectivity index (χ1n) is 9.74. The quantitative estimate of drug-likeness (QED) is 0.506. The Labute approximate surface area is 174 Å². The van der Waals surface area contributed by atoms with E-state index < -0.39 is 6.04 Å². The molecule has 0 bridgehead atoms. The van der Waals surface area contributed by atoms with Crippen LogP contribution in [-0.4, -0.2) is 16.0 Å². The Balaban J connectivity index is 1.77. The van der Waals surface area contributed by atoms with Crippen molar-refractivity contribution >= 4 is 28.3 Å². The fraction of sp³-hybridized carbons (Fsp3) is 0.125. The molecule has 1 aromatic heterocycles. The van der Waals surface area contributed by atoms with Crippen LogP contribution in [0.3, 0.4) is 0 Å². The number of amides is 2. The van der Waals surface area contributed by atoms with Gasteiger partial charge in [-0.25, -0.2) is 9.78 Å². The molecule has 0 radical (unpaired) electrons. The Morgan fingerprint density at radius 1 is 1.00 bits per heavy atom. The molecular formula is C24H22N4O2. The standard InChI is InChI=1S/C24H22N4O2/c1-16-9-8-12-19(15-16)28(24(30)25-18-10-4-3-5-11-18)17(2)22-26-21-14-7-6-13-20(21)23(29)27-22/h3-15,17H,1-2H3,(H,25,30)(H,26,27,29). The molecule has 150 valence electrons. The zero-order valence-corrected chi connectivity index (χ0v) is 16.8. The highest BCUT2D eigenvalue weighted by molar-refractivity contribution is 6.02. The van der Waals surface area contributed by atoms with Crippen molar-refractivity contribution in [2.75, 3.05) is 10.2 Å². The first-order chi connectivity index (χ1) is 14.5. The van der Waals surface area contributed by atoms with Gasteiger partial charge >= 0.3 is 6.03 Å². The minimum atomic E-state index is -0.507. The first kappa shape index (κ1) is 19.4. The van der Waals surface area contributed by atoms with Gasteiger partial charge in [0.15, 0.2) is 0 Å². The summed E-state index contributed by atoms with van der Waals surface area (Å²) in [6.07, 6.45) is 0. The highest BCUT2D eigenvalue weighted by Gasteiger charge is 2.26. The molecule has 0 aliphatic rings. The molecule has 6 nitrogen and oxygen atoms in total. The zero-order valence-electron chi connectivity index (χ0n) is 16.8. The largest absolute Gasteiger partial charge is 0.326 e. The molecule has 1 atom stereocenters. The molecule has 4 rings (SSSR count). The minimum Gasteiger partial charge on any atom is -0.308 e. The number of para-hydroxylation sites is 2. The van der Waals surface area contributed by atoms with Crippen LogP contribution in [0.25, 0.3) is 10.9 Å². The molecule has 3 aromatic carbocycles. The van der Waals surface area contributed by atoms with Crippen molar-refractivity contribution in [1.29, 1.82) is 0 Å². The number of fused-ring (bicyclic) bond motifs is 1. The molecule has 2 amide bonds. The average Bonchev–Trinajstić information content (AvgIpc) is 2.74. The van der Waals surface area contributed by atoms with Gasteiger partial charge in [0.05, 0.1) is 16.9 Å². The number of nitrogens with zero attached hydrogens (tertiary/aromatic N) is 2. The smallest absolute Gasteiger partial charge is 0.308 e. The summed E-state index contributed by atoms with van der Waals surface area (Å²) in [5, 5.41) is 3.45. The van der Waals surface area contributed by atoms with E-state index in [2.05, 4.69) is 15.3 Å². The lowest BCUT2D eigenvalue weighted by Gasteiger charge is -2.29. The molecule has 0 fully saturated rings. The summed E-state index contributed by atoms with van der Waals surface area (Å²) >= 11 is 0. The second-order valence-electron chi connectivity index (χ2n) is 7.15. The molecule has 1 heterocycles. The molecule has 30 heavy (non-hydrogen) atoms. The lowest BCUT2D eigenvalue weighted by molar-refractivity contribution is 0.255. The number of carbonyl (C=O) groups is 1. The van der Waals surface area contributed by atoms with Crippen molar-refractivity contribution in [1.82, 2.24) is 9.97 Å². The van der Waals surface area contributed by atoms with E-state index >= 15 is 0 Å². The number of hydrogen-bond acceptors (Lipinski definition) is 3. The SMILES string of the molecule is Cc1cccc(N(C(=O)Nc2ccccc2)C(C)c2nc3ccccc3c(=O)[nH]2)c1. The van der Waals surface area contributed by atoms with Crippen LogP contribution in [0.4, 0.5) is 16.2 Å². The van der Waals surface area contributed by atoms with Gasteiger partial charge in [-0.3, -0.25) is 9.69 Å². The van der Waals surface area contributed by atoms with Gasteiger partial charge in [-0.2, -0.15) is 0 Å². The number of anilines is 2. The Hall–Kier alpha value is -3.93. The van der Waals surface area contributed by atoms with Gasteiger partial charge in [-0.05, 0) is 55.8 Å². The number of H-pyrrole nitrogens is 1. The molecule has 0 saturated heterocycles. The van der Waals surface area contributed by atoms with Crippen LogP contribution in [0.1, 0.15) is 24.4 Å². The van der Waals surface area contributed by atoms with Gasteiger partial charge in [0.1, 0.15) is 5.82 Å². The average molecular weight is 398 g/mol. The van der Waals surface area contributed by atoms with Crippen LogP contribution in [0.5, 0.6) is 0 Å². The number of urea groups is 1. The third kappa shape index (κ3) is 3.93. The van der Waals surface area contributed by atoms with E-state index in [0.29, 0.717) is 28.1 Å². The number of hydrogen-bond donors (Lipinski definition) is 2. The predicted octanol–water partition coefficient (Wildman–Crippen LogP) is 5.03. The lowest BCUT2D eigenvalue weighted by atomic mass is 10.1. The minimum absolute atomic E-state index is 0.227. The van der Waals surface area contributed by atoms with E-state index in [0.717, 1.165) is 5.56 Å². The van der Waals surface area contributed by atoms with Crippen LogP contribution < -0.4 is 15.8 Å². The molecule has 0 spiro atoms. The highest BCUT2D eigenvalue weighted by Crippen LogP contribution is 2.27. The number of rotatable bonds is 4. The van der Waals surface area contributed by atoms with E-state index in [4.69, 9.17) is 0 Å². The first-order valence-corrected chi connectivity index (χ1v) is 9.74. The third-order valence-corrected chi connectivity index (χ3v) is 4.94. The van der Waals surface area contributed by atoms with Crippen LogP contribution in [0.15, 0.2) is 83.7 Å². The van der Waals surface area contributed by atoms with Crippen molar-refractivity contribution < 1.29 is 4.79 Å². The van der Waals surface area contributed by atoms with Gasteiger partial charge in [0.25, 0.3) is 5.56 Å². The summed E-state index contributed by atoms with van der Waals surface area (Å²) in [4.78, 5) is 34.9. The van der Waals surface area contributed by atoms with Gasteiger partial charge in [-0.1, -0.05) is 42.5 Å². The zero-order chi connectivity index (χ0) is 21.1. The molecular weight excluding hydrogens is 376 g/mol. The van der Waals surface area contributed by atoms with Crippen molar-refractivity contribution in [3.8, 4) is 0 Å². The lowest BCUT2D eigenvalue weighted by Crippen LogP contribution is -2.38. The number of benzene rings is 3. The predicted molar refractivity (Wildman–Crippen MR) is 120 cm³/mol. The van der Waals surface area contributed by atoms with Crippen molar-refractivity contribution in [3.63, 3.8) is 0 Å². The third-order valence-electron chi connectivity index (χ3n) is 4.94. The topological polar surface area (TPSA) is 78.1 Å². The van der Waals surface area contributed by atoms with Crippen molar-refractivity contribution in [3.05, 3.63) is 101 Å².